The Morgan fingerprint density at radius 2 is 2.25 bits per heavy atom. The van der Waals surface area contributed by atoms with Gasteiger partial charge in [0.05, 0.1) is 17.8 Å². The number of halogens is 2. The third-order valence-electron chi connectivity index (χ3n) is 2.84. The number of hydrogen-bond donors (Lipinski definition) is 0. The van der Waals surface area contributed by atoms with Crippen LogP contribution in [-0.2, 0) is 0 Å². The number of nitrogens with zero attached hydrogens (tertiary/aromatic N) is 2. The lowest BCUT2D eigenvalue weighted by Gasteiger charge is -2.20. The largest absolute Gasteiger partial charge is 0.367 e. The first-order chi connectivity index (χ1) is 7.52. The van der Waals surface area contributed by atoms with Gasteiger partial charge < -0.3 is 4.90 Å². The quantitative estimate of drug-likeness (QED) is 0.730. The fraction of sp³-hybridized carbons (Fsp3) is 0.417. The summed E-state index contributed by atoms with van der Waals surface area (Å²) in [6.07, 6.45) is 0.440. The second-order valence-electron chi connectivity index (χ2n) is 4.36. The molecule has 0 saturated carbocycles. The van der Waals surface area contributed by atoms with Gasteiger partial charge in [-0.2, -0.15) is 5.26 Å². The molecule has 1 fully saturated rings. The third-order valence-corrected chi connectivity index (χ3v) is 2.84. The molecule has 16 heavy (non-hydrogen) atoms. The summed E-state index contributed by atoms with van der Waals surface area (Å²) in [7, 11) is 0. The van der Waals surface area contributed by atoms with Crippen LogP contribution >= 0.6 is 0 Å². The molecule has 1 aromatic rings. The highest BCUT2D eigenvalue weighted by atomic mass is 19.1. The first kappa shape index (κ1) is 10.9. The van der Waals surface area contributed by atoms with E-state index in [1.54, 1.807) is 11.8 Å². The Labute approximate surface area is 93.1 Å². The molecule has 4 heteroatoms. The molecule has 1 aliphatic rings. The first-order valence-corrected chi connectivity index (χ1v) is 5.15. The molecule has 1 aromatic carbocycles. The summed E-state index contributed by atoms with van der Waals surface area (Å²) in [5.41, 5.74) is -0.343. The lowest BCUT2D eigenvalue weighted by molar-refractivity contribution is 0.221. The number of rotatable bonds is 1. The van der Waals surface area contributed by atoms with Crippen LogP contribution in [0.1, 0.15) is 18.9 Å². The van der Waals surface area contributed by atoms with Crippen LogP contribution in [0.5, 0.6) is 0 Å². The molecule has 1 saturated heterocycles. The lowest BCUT2D eigenvalue weighted by atomic mass is 10.1. The molecule has 0 aliphatic carbocycles. The van der Waals surface area contributed by atoms with Gasteiger partial charge in [0.15, 0.2) is 0 Å². The van der Waals surface area contributed by atoms with E-state index in [-0.39, 0.29) is 12.1 Å². The molecule has 0 amide bonds. The molecule has 2 rings (SSSR count). The fourth-order valence-electron chi connectivity index (χ4n) is 2.00. The highest BCUT2D eigenvalue weighted by Crippen LogP contribution is 2.31. The van der Waals surface area contributed by atoms with Gasteiger partial charge in [-0.1, -0.05) is 0 Å². The Morgan fingerprint density at radius 3 is 2.81 bits per heavy atom. The minimum Gasteiger partial charge on any atom is -0.367 e. The van der Waals surface area contributed by atoms with Crippen molar-refractivity contribution in [2.75, 3.05) is 18.0 Å². The topological polar surface area (TPSA) is 27.0 Å². The number of benzene rings is 1. The molecule has 1 atom stereocenters. The molecule has 84 valence electrons. The van der Waals surface area contributed by atoms with Crippen molar-refractivity contribution >= 4 is 5.69 Å². The molecule has 0 bridgehead atoms. The van der Waals surface area contributed by atoms with Gasteiger partial charge in [0.2, 0.25) is 0 Å². The van der Waals surface area contributed by atoms with Crippen LogP contribution in [-0.4, -0.2) is 18.8 Å². The summed E-state index contributed by atoms with van der Waals surface area (Å²) in [6.45, 7) is 2.36. The maximum absolute atomic E-state index is 13.7. The van der Waals surface area contributed by atoms with Crippen LogP contribution in [0.15, 0.2) is 18.2 Å². The molecule has 1 aliphatic heterocycles. The Hall–Kier alpha value is -1.63. The van der Waals surface area contributed by atoms with Gasteiger partial charge in [0, 0.05) is 13.0 Å². The smallest absolute Gasteiger partial charge is 0.127 e. The van der Waals surface area contributed by atoms with Gasteiger partial charge in [-0.3, -0.25) is 0 Å². The van der Waals surface area contributed by atoms with E-state index in [2.05, 4.69) is 0 Å². The first-order valence-electron chi connectivity index (χ1n) is 5.15. The van der Waals surface area contributed by atoms with E-state index in [4.69, 9.17) is 5.26 Å². The van der Waals surface area contributed by atoms with Crippen LogP contribution in [0.3, 0.4) is 0 Å². The van der Waals surface area contributed by atoms with E-state index < -0.39 is 11.5 Å². The zero-order valence-corrected chi connectivity index (χ0v) is 9.00. The zero-order chi connectivity index (χ0) is 11.8. The van der Waals surface area contributed by atoms with Crippen molar-refractivity contribution in [3.63, 3.8) is 0 Å². The molecule has 0 aromatic heterocycles. The molecular weight excluding hydrogens is 210 g/mol. The van der Waals surface area contributed by atoms with Crippen molar-refractivity contribution in [3.05, 3.63) is 29.6 Å². The van der Waals surface area contributed by atoms with Crippen LogP contribution < -0.4 is 4.90 Å². The van der Waals surface area contributed by atoms with Crippen LogP contribution in [0.2, 0.25) is 0 Å². The van der Waals surface area contributed by atoms with Gasteiger partial charge >= 0.3 is 0 Å². The van der Waals surface area contributed by atoms with Crippen LogP contribution in [0, 0.1) is 17.1 Å². The highest BCUT2D eigenvalue weighted by Gasteiger charge is 2.34. The monoisotopic (exact) mass is 222 g/mol. The average molecular weight is 222 g/mol. The van der Waals surface area contributed by atoms with E-state index >= 15 is 0 Å². The van der Waals surface area contributed by atoms with E-state index in [1.165, 1.54) is 18.2 Å². The van der Waals surface area contributed by atoms with Gasteiger partial charge in [0.1, 0.15) is 17.6 Å². The van der Waals surface area contributed by atoms with Gasteiger partial charge in [-0.05, 0) is 25.1 Å². The van der Waals surface area contributed by atoms with Gasteiger partial charge in [0.25, 0.3) is 0 Å². The minimum atomic E-state index is -1.22. The highest BCUT2D eigenvalue weighted by molar-refractivity contribution is 5.60. The molecule has 0 spiro atoms. The summed E-state index contributed by atoms with van der Waals surface area (Å²) in [4.78, 5) is 1.79. The third kappa shape index (κ3) is 1.99. The van der Waals surface area contributed by atoms with Gasteiger partial charge in [-0.15, -0.1) is 0 Å². The van der Waals surface area contributed by atoms with Crippen LogP contribution in [0.25, 0.3) is 0 Å². The Kier molecular flexibility index (Phi) is 2.55. The van der Waals surface area contributed by atoms with Crippen molar-refractivity contribution in [2.24, 2.45) is 0 Å². The number of hydrogen-bond acceptors (Lipinski definition) is 2. The fourth-order valence-corrected chi connectivity index (χ4v) is 2.00. The molecule has 0 radical (unpaired) electrons. The Bertz CT molecular complexity index is 449. The summed E-state index contributed by atoms with van der Waals surface area (Å²) in [5.74, 6) is -0.442. The number of nitriles is 1. The molecule has 0 N–H and O–H groups in total. The van der Waals surface area contributed by atoms with Crippen molar-refractivity contribution in [1.82, 2.24) is 0 Å². The predicted molar refractivity (Wildman–Crippen MR) is 57.5 cm³/mol. The van der Waals surface area contributed by atoms with Gasteiger partial charge in [-0.25, -0.2) is 8.78 Å². The SMILES string of the molecule is C[C@]1(F)CCN(c2ccc(F)cc2C#N)C1. The van der Waals surface area contributed by atoms with E-state index in [9.17, 15) is 8.78 Å². The average Bonchev–Trinajstić information content (AvgIpc) is 2.58. The summed E-state index contributed by atoms with van der Waals surface area (Å²) in [5, 5.41) is 8.90. The Balaban J connectivity index is 2.32. The minimum absolute atomic E-state index is 0.257. The zero-order valence-electron chi connectivity index (χ0n) is 9.00. The lowest BCUT2D eigenvalue weighted by Crippen LogP contribution is -2.26. The number of alkyl halides is 1. The Morgan fingerprint density at radius 1 is 1.50 bits per heavy atom. The molecule has 2 nitrogen and oxygen atoms in total. The second kappa shape index (κ2) is 3.75. The van der Waals surface area contributed by atoms with E-state index in [1.807, 2.05) is 6.07 Å². The van der Waals surface area contributed by atoms with Crippen molar-refractivity contribution in [2.45, 2.75) is 19.0 Å². The summed E-state index contributed by atoms with van der Waals surface area (Å²) in [6, 6.07) is 5.95. The maximum atomic E-state index is 13.7. The van der Waals surface area contributed by atoms with E-state index in [0.717, 1.165) is 0 Å². The van der Waals surface area contributed by atoms with Crippen molar-refractivity contribution in [3.8, 4) is 6.07 Å². The molecule has 1 heterocycles. The van der Waals surface area contributed by atoms with Crippen molar-refractivity contribution < 1.29 is 8.78 Å². The molecule has 0 unspecified atom stereocenters. The standard InChI is InChI=1S/C12H12F2N2/c1-12(14)4-5-16(8-12)11-3-2-10(13)6-9(11)7-15/h2-3,6H,4-5,8H2,1H3/t12-/m0/s1. The van der Waals surface area contributed by atoms with Crippen LogP contribution in [0.4, 0.5) is 14.5 Å². The maximum Gasteiger partial charge on any atom is 0.127 e. The second-order valence-corrected chi connectivity index (χ2v) is 4.36. The summed E-state index contributed by atoms with van der Waals surface area (Å²) < 4.78 is 26.6. The normalized spacial score (nSPS) is 24.5. The summed E-state index contributed by atoms with van der Waals surface area (Å²) >= 11 is 0. The molecular formula is C12H12F2N2. The predicted octanol–water partition coefficient (Wildman–Crippen LogP) is 2.64. The van der Waals surface area contributed by atoms with E-state index in [0.29, 0.717) is 18.7 Å². The van der Waals surface area contributed by atoms with Crippen molar-refractivity contribution in [1.29, 1.82) is 5.26 Å². The number of anilines is 1.